The molecule has 0 aromatic carbocycles. The highest BCUT2D eigenvalue weighted by molar-refractivity contribution is 6.32. The molecule has 0 fully saturated rings. The van der Waals surface area contributed by atoms with Crippen LogP contribution in [-0.4, -0.2) is 27.5 Å². The Morgan fingerprint density at radius 2 is 2.32 bits per heavy atom. The normalized spacial score (nSPS) is 12.5. The van der Waals surface area contributed by atoms with Crippen molar-refractivity contribution in [1.29, 1.82) is 0 Å². The Balaban J connectivity index is 2.92. The van der Waals surface area contributed by atoms with Gasteiger partial charge in [0.05, 0.1) is 25.0 Å². The van der Waals surface area contributed by atoms with E-state index in [-0.39, 0.29) is 23.2 Å². The van der Waals surface area contributed by atoms with E-state index in [4.69, 9.17) is 11.6 Å². The van der Waals surface area contributed by atoms with Crippen molar-refractivity contribution in [2.75, 3.05) is 11.9 Å². The predicted octanol–water partition coefficient (Wildman–Crippen LogP) is 1.90. The number of allylic oxidation sites excluding steroid dienone is 1. The van der Waals surface area contributed by atoms with E-state index in [0.29, 0.717) is 18.2 Å². The monoisotopic (exact) mass is 285 g/mol. The Morgan fingerprint density at radius 3 is 2.84 bits per heavy atom. The quantitative estimate of drug-likeness (QED) is 0.751. The first-order valence-corrected chi connectivity index (χ1v) is 6.61. The molecule has 1 unspecified atom stereocenters. The van der Waals surface area contributed by atoms with Crippen molar-refractivity contribution in [3.05, 3.63) is 34.2 Å². The first-order chi connectivity index (χ1) is 8.99. The van der Waals surface area contributed by atoms with Gasteiger partial charge in [-0.05, 0) is 12.3 Å². The van der Waals surface area contributed by atoms with E-state index >= 15 is 0 Å². The van der Waals surface area contributed by atoms with Gasteiger partial charge in [0.2, 0.25) is 0 Å². The second-order valence-corrected chi connectivity index (χ2v) is 5.18. The molecule has 6 heteroatoms. The van der Waals surface area contributed by atoms with Crippen LogP contribution in [0.3, 0.4) is 0 Å². The molecule has 2 N–H and O–H groups in total. The number of aliphatic hydroxyl groups is 1. The molecular formula is C13H20ClN3O2. The fourth-order valence-electron chi connectivity index (χ4n) is 1.79. The van der Waals surface area contributed by atoms with Gasteiger partial charge in [-0.3, -0.25) is 4.79 Å². The van der Waals surface area contributed by atoms with Gasteiger partial charge in [-0.25, -0.2) is 4.68 Å². The number of hydrogen-bond acceptors (Lipinski definition) is 4. The summed E-state index contributed by atoms with van der Waals surface area (Å²) in [6, 6.07) is -0.144. The largest absolute Gasteiger partial charge is 0.394 e. The van der Waals surface area contributed by atoms with Crippen molar-refractivity contribution >= 4 is 17.3 Å². The van der Waals surface area contributed by atoms with Crippen molar-refractivity contribution in [2.45, 2.75) is 32.9 Å². The van der Waals surface area contributed by atoms with Crippen LogP contribution < -0.4 is 10.9 Å². The van der Waals surface area contributed by atoms with Gasteiger partial charge in [-0.1, -0.05) is 31.5 Å². The lowest BCUT2D eigenvalue weighted by Gasteiger charge is -2.20. The molecule has 19 heavy (non-hydrogen) atoms. The van der Waals surface area contributed by atoms with Crippen LogP contribution in [0.2, 0.25) is 5.02 Å². The van der Waals surface area contributed by atoms with Crippen LogP contribution in [-0.2, 0) is 6.54 Å². The maximum Gasteiger partial charge on any atom is 0.287 e. The highest BCUT2D eigenvalue weighted by Gasteiger charge is 2.14. The minimum absolute atomic E-state index is 0.0236. The smallest absolute Gasteiger partial charge is 0.287 e. The molecule has 0 saturated carbocycles. The van der Waals surface area contributed by atoms with Gasteiger partial charge in [0.1, 0.15) is 5.02 Å². The fourth-order valence-corrected chi connectivity index (χ4v) is 1.99. The summed E-state index contributed by atoms with van der Waals surface area (Å²) in [5.41, 5.74) is 0.0829. The van der Waals surface area contributed by atoms with Gasteiger partial charge in [0, 0.05) is 6.04 Å². The zero-order valence-electron chi connectivity index (χ0n) is 11.3. The number of hydrogen-bond donors (Lipinski definition) is 2. The average Bonchev–Trinajstić information content (AvgIpc) is 2.37. The number of nitrogens with one attached hydrogen (secondary N) is 1. The summed E-state index contributed by atoms with van der Waals surface area (Å²) in [5.74, 6) is 0.428. The standard InChI is InChI=1S/C13H20ClN3O2/c1-4-5-17-13(19)12(14)11(7-15-17)16-10(8-18)6-9(2)3/h4,7,9-10,16,18H,1,5-6,8H2,2-3H3. The first kappa shape index (κ1) is 15.7. The first-order valence-electron chi connectivity index (χ1n) is 6.23. The zero-order chi connectivity index (χ0) is 14.4. The Kier molecular flexibility index (Phi) is 6.05. The van der Waals surface area contributed by atoms with Crippen LogP contribution in [0.25, 0.3) is 0 Å². The van der Waals surface area contributed by atoms with Crippen LogP contribution in [0.5, 0.6) is 0 Å². The lowest BCUT2D eigenvalue weighted by molar-refractivity contribution is 0.259. The topological polar surface area (TPSA) is 67.2 Å². The summed E-state index contributed by atoms with van der Waals surface area (Å²) in [6.07, 6.45) is 3.85. The molecule has 1 aromatic rings. The van der Waals surface area contributed by atoms with Gasteiger partial charge in [0.25, 0.3) is 5.56 Å². The molecule has 1 rings (SSSR count). The molecule has 0 aliphatic heterocycles. The van der Waals surface area contributed by atoms with Crippen LogP contribution >= 0.6 is 11.6 Å². The predicted molar refractivity (Wildman–Crippen MR) is 77.7 cm³/mol. The maximum atomic E-state index is 11.9. The number of rotatable bonds is 7. The molecule has 0 radical (unpaired) electrons. The average molecular weight is 286 g/mol. The molecular weight excluding hydrogens is 266 g/mol. The zero-order valence-corrected chi connectivity index (χ0v) is 12.0. The molecule has 0 saturated heterocycles. The van der Waals surface area contributed by atoms with Gasteiger partial charge >= 0.3 is 0 Å². The molecule has 1 heterocycles. The Bertz CT molecular complexity index is 485. The lowest BCUT2D eigenvalue weighted by Crippen LogP contribution is -2.29. The van der Waals surface area contributed by atoms with Gasteiger partial charge in [-0.15, -0.1) is 6.58 Å². The Morgan fingerprint density at radius 1 is 1.63 bits per heavy atom. The van der Waals surface area contributed by atoms with Crippen LogP contribution in [0.1, 0.15) is 20.3 Å². The summed E-state index contributed by atoms with van der Waals surface area (Å²) in [5, 5.41) is 16.4. The van der Waals surface area contributed by atoms with E-state index in [9.17, 15) is 9.90 Å². The maximum absolute atomic E-state index is 11.9. The molecule has 1 aromatic heterocycles. The number of aromatic nitrogens is 2. The molecule has 0 aliphatic rings. The van der Waals surface area contributed by atoms with Crippen molar-refractivity contribution in [1.82, 2.24) is 9.78 Å². The van der Waals surface area contributed by atoms with Crippen LogP contribution in [0, 0.1) is 5.92 Å². The Labute approximate surface area is 117 Å². The van der Waals surface area contributed by atoms with Crippen molar-refractivity contribution < 1.29 is 5.11 Å². The molecule has 0 amide bonds. The van der Waals surface area contributed by atoms with E-state index in [2.05, 4.69) is 30.8 Å². The lowest BCUT2D eigenvalue weighted by atomic mass is 10.0. The number of halogens is 1. The second kappa shape index (κ2) is 7.31. The van der Waals surface area contributed by atoms with E-state index in [0.717, 1.165) is 6.42 Å². The SMILES string of the molecule is C=CCn1ncc(NC(CO)CC(C)C)c(Cl)c1=O. The second-order valence-electron chi connectivity index (χ2n) is 4.80. The van der Waals surface area contributed by atoms with Gasteiger partial charge in [0.15, 0.2) is 0 Å². The summed E-state index contributed by atoms with van der Waals surface area (Å²) in [6.45, 7) is 7.97. The van der Waals surface area contributed by atoms with E-state index < -0.39 is 0 Å². The number of nitrogens with zero attached hydrogens (tertiary/aromatic N) is 2. The van der Waals surface area contributed by atoms with E-state index in [1.807, 2.05) is 0 Å². The molecule has 5 nitrogen and oxygen atoms in total. The third kappa shape index (κ3) is 4.36. The molecule has 0 spiro atoms. The highest BCUT2D eigenvalue weighted by atomic mass is 35.5. The minimum atomic E-state index is -0.368. The molecule has 106 valence electrons. The van der Waals surface area contributed by atoms with Gasteiger partial charge in [-0.2, -0.15) is 5.10 Å². The third-order valence-corrected chi connectivity index (χ3v) is 2.99. The van der Waals surface area contributed by atoms with Crippen LogP contribution in [0.15, 0.2) is 23.6 Å². The fraction of sp³-hybridized carbons (Fsp3) is 0.538. The van der Waals surface area contributed by atoms with Crippen LogP contribution in [0.4, 0.5) is 5.69 Å². The summed E-state index contributed by atoms with van der Waals surface area (Å²) >= 11 is 6.02. The molecule has 0 aliphatic carbocycles. The van der Waals surface area contributed by atoms with E-state index in [1.54, 1.807) is 6.08 Å². The summed E-state index contributed by atoms with van der Waals surface area (Å²) in [7, 11) is 0. The number of aliphatic hydroxyl groups excluding tert-OH is 1. The van der Waals surface area contributed by atoms with Crippen molar-refractivity contribution in [3.8, 4) is 0 Å². The van der Waals surface area contributed by atoms with Gasteiger partial charge < -0.3 is 10.4 Å². The van der Waals surface area contributed by atoms with E-state index in [1.165, 1.54) is 10.9 Å². The molecule has 1 atom stereocenters. The third-order valence-electron chi connectivity index (χ3n) is 2.62. The number of anilines is 1. The summed E-state index contributed by atoms with van der Waals surface area (Å²) in [4.78, 5) is 11.9. The minimum Gasteiger partial charge on any atom is -0.394 e. The van der Waals surface area contributed by atoms with Crippen molar-refractivity contribution in [3.63, 3.8) is 0 Å². The Hall–Kier alpha value is -1.33. The summed E-state index contributed by atoms with van der Waals surface area (Å²) < 4.78 is 1.23. The molecule has 0 bridgehead atoms. The highest BCUT2D eigenvalue weighted by Crippen LogP contribution is 2.18. The van der Waals surface area contributed by atoms with Crippen molar-refractivity contribution in [2.24, 2.45) is 5.92 Å².